The number of halogens is 1. The molecule has 0 bridgehead atoms. The fraction of sp³-hybridized carbons (Fsp3) is 0.500. The number of aliphatic hydroxyl groups excluding tert-OH is 1. The highest BCUT2D eigenvalue weighted by atomic mass is 35.5. The van der Waals surface area contributed by atoms with Gasteiger partial charge in [0.25, 0.3) is 0 Å². The average Bonchev–Trinajstić information content (AvgIpc) is 2.29. The van der Waals surface area contributed by atoms with Crippen molar-refractivity contribution in [2.75, 3.05) is 6.79 Å². The quantitative estimate of drug-likeness (QED) is 0.618. The van der Waals surface area contributed by atoms with E-state index in [1.165, 1.54) is 0 Å². The van der Waals surface area contributed by atoms with E-state index in [-0.39, 0.29) is 12.4 Å². The van der Waals surface area contributed by atoms with Gasteiger partial charge in [0, 0.05) is 0 Å². The van der Waals surface area contributed by atoms with Gasteiger partial charge in [-0.3, -0.25) is 0 Å². The number of benzene rings is 1. The van der Waals surface area contributed by atoms with Crippen molar-refractivity contribution in [1.82, 2.24) is 0 Å². The summed E-state index contributed by atoms with van der Waals surface area (Å²) in [7, 11) is 0. The second-order valence-electron chi connectivity index (χ2n) is 3.49. The number of alkyl halides is 1. The molecule has 1 N–H and O–H groups in total. The third-order valence-corrected chi connectivity index (χ3v) is 2.59. The van der Waals surface area contributed by atoms with Gasteiger partial charge in [0.1, 0.15) is 11.3 Å². The van der Waals surface area contributed by atoms with Crippen molar-refractivity contribution in [3.8, 4) is 5.75 Å². The third-order valence-electron chi connectivity index (χ3n) is 2.16. The summed E-state index contributed by atoms with van der Waals surface area (Å²) in [6, 6.07) is 7.22. The van der Waals surface area contributed by atoms with Crippen LogP contribution in [0.4, 0.5) is 0 Å². The third kappa shape index (κ3) is 4.39. The first kappa shape index (κ1) is 13.3. The van der Waals surface area contributed by atoms with Crippen molar-refractivity contribution < 1.29 is 14.6 Å². The minimum atomic E-state index is -0.461. The van der Waals surface area contributed by atoms with E-state index in [0.29, 0.717) is 5.75 Å². The maximum Gasteiger partial charge on any atom is 0.190 e. The Bertz CT molecular complexity index is 298. The van der Waals surface area contributed by atoms with Crippen molar-refractivity contribution in [3.05, 3.63) is 29.8 Å². The van der Waals surface area contributed by atoms with E-state index in [4.69, 9.17) is 21.1 Å². The van der Waals surface area contributed by atoms with Crippen LogP contribution in [0, 0.1) is 0 Å². The van der Waals surface area contributed by atoms with Gasteiger partial charge in [-0.2, -0.15) is 0 Å². The van der Waals surface area contributed by atoms with Crippen molar-refractivity contribution in [3.63, 3.8) is 0 Å². The molecule has 1 aromatic carbocycles. The molecule has 0 radical (unpaired) electrons. The first-order valence-electron chi connectivity index (χ1n) is 5.30. The zero-order valence-electron chi connectivity index (χ0n) is 9.52. The molecule has 2 unspecified atom stereocenters. The highest BCUT2D eigenvalue weighted by molar-refractivity contribution is 6.19. The fourth-order valence-corrected chi connectivity index (χ4v) is 1.19. The fourth-order valence-electron chi connectivity index (χ4n) is 1.14. The van der Waals surface area contributed by atoms with Gasteiger partial charge in [-0.25, -0.2) is 0 Å². The first-order valence-corrected chi connectivity index (χ1v) is 5.73. The topological polar surface area (TPSA) is 38.7 Å². The summed E-state index contributed by atoms with van der Waals surface area (Å²) in [5.41, 5.74) is 0.550. The average molecular weight is 245 g/mol. The number of hydrogen-bond acceptors (Lipinski definition) is 3. The van der Waals surface area contributed by atoms with Crippen LogP contribution in [0.5, 0.6) is 5.75 Å². The molecule has 0 aliphatic rings. The summed E-state index contributed by atoms with van der Waals surface area (Å²) in [5.74, 6) is 0.698. The Balaban J connectivity index is 2.38. The number of aliphatic hydroxyl groups is 1. The van der Waals surface area contributed by atoms with E-state index >= 15 is 0 Å². The van der Waals surface area contributed by atoms with Gasteiger partial charge in [-0.05, 0) is 31.0 Å². The van der Waals surface area contributed by atoms with Crippen molar-refractivity contribution in [1.29, 1.82) is 0 Å². The Morgan fingerprint density at radius 2 is 1.94 bits per heavy atom. The predicted octanol–water partition coefficient (Wildman–Crippen LogP) is 3.07. The zero-order chi connectivity index (χ0) is 12.0. The van der Waals surface area contributed by atoms with Gasteiger partial charge in [-0.1, -0.05) is 30.7 Å². The van der Waals surface area contributed by atoms with Crippen LogP contribution in [0.3, 0.4) is 0 Å². The molecular formula is C12H17ClO3. The second-order valence-corrected chi connectivity index (χ2v) is 3.98. The SMILES string of the molecule is CCC(Cl)OCOc1ccc(C(C)O)cc1. The summed E-state index contributed by atoms with van der Waals surface area (Å²) in [5, 5.41) is 9.31. The van der Waals surface area contributed by atoms with Crippen molar-refractivity contribution in [2.45, 2.75) is 31.9 Å². The predicted molar refractivity (Wildman–Crippen MR) is 63.6 cm³/mol. The molecule has 0 saturated heterocycles. The Hall–Kier alpha value is -0.770. The van der Waals surface area contributed by atoms with Crippen LogP contribution in [0.2, 0.25) is 0 Å². The largest absolute Gasteiger partial charge is 0.467 e. The highest BCUT2D eigenvalue weighted by Crippen LogP contribution is 2.17. The lowest BCUT2D eigenvalue weighted by atomic mass is 10.1. The van der Waals surface area contributed by atoms with E-state index in [0.717, 1.165) is 12.0 Å². The van der Waals surface area contributed by atoms with Gasteiger partial charge < -0.3 is 14.6 Å². The van der Waals surface area contributed by atoms with E-state index in [1.807, 2.05) is 19.1 Å². The van der Waals surface area contributed by atoms with Crippen LogP contribution in [-0.4, -0.2) is 17.5 Å². The molecule has 1 aromatic rings. The molecule has 90 valence electrons. The molecule has 16 heavy (non-hydrogen) atoms. The molecule has 0 aromatic heterocycles. The maximum absolute atomic E-state index is 9.31. The highest BCUT2D eigenvalue weighted by Gasteiger charge is 2.02. The van der Waals surface area contributed by atoms with E-state index in [1.54, 1.807) is 19.1 Å². The van der Waals surface area contributed by atoms with E-state index in [2.05, 4.69) is 0 Å². The van der Waals surface area contributed by atoms with Gasteiger partial charge in [-0.15, -0.1) is 0 Å². The summed E-state index contributed by atoms with van der Waals surface area (Å²) in [4.78, 5) is 0. The molecular weight excluding hydrogens is 228 g/mol. The van der Waals surface area contributed by atoms with Crippen LogP contribution in [0.15, 0.2) is 24.3 Å². The lowest BCUT2D eigenvalue weighted by molar-refractivity contribution is -0.00293. The Labute approximate surface area is 101 Å². The monoisotopic (exact) mass is 244 g/mol. The summed E-state index contributed by atoms with van der Waals surface area (Å²) >= 11 is 5.76. The lowest BCUT2D eigenvalue weighted by Crippen LogP contribution is -2.09. The first-order chi connectivity index (χ1) is 7.63. The minimum Gasteiger partial charge on any atom is -0.467 e. The molecule has 4 heteroatoms. The molecule has 0 fully saturated rings. The number of rotatable bonds is 6. The molecule has 0 spiro atoms. The lowest BCUT2D eigenvalue weighted by Gasteiger charge is -2.11. The van der Waals surface area contributed by atoms with Crippen molar-refractivity contribution >= 4 is 11.6 Å². The van der Waals surface area contributed by atoms with E-state index < -0.39 is 6.10 Å². The zero-order valence-corrected chi connectivity index (χ0v) is 10.3. The molecule has 2 atom stereocenters. The van der Waals surface area contributed by atoms with Crippen LogP contribution in [-0.2, 0) is 4.74 Å². The van der Waals surface area contributed by atoms with Gasteiger partial charge in [0.2, 0.25) is 0 Å². The van der Waals surface area contributed by atoms with Gasteiger partial charge >= 0.3 is 0 Å². The number of hydrogen-bond donors (Lipinski definition) is 1. The minimum absolute atomic E-state index is 0.135. The van der Waals surface area contributed by atoms with Gasteiger partial charge in [0.15, 0.2) is 6.79 Å². The van der Waals surface area contributed by atoms with E-state index in [9.17, 15) is 5.11 Å². The van der Waals surface area contributed by atoms with Crippen molar-refractivity contribution in [2.24, 2.45) is 0 Å². The smallest absolute Gasteiger partial charge is 0.190 e. The van der Waals surface area contributed by atoms with Crippen LogP contribution in [0.25, 0.3) is 0 Å². The summed E-state index contributed by atoms with van der Waals surface area (Å²) < 4.78 is 10.5. The summed E-state index contributed by atoms with van der Waals surface area (Å²) in [6.07, 6.45) is 0.281. The molecule has 0 heterocycles. The Kier molecular flexibility index (Phi) is 5.60. The Morgan fingerprint density at radius 1 is 1.31 bits per heavy atom. The van der Waals surface area contributed by atoms with Crippen LogP contribution in [0.1, 0.15) is 31.9 Å². The van der Waals surface area contributed by atoms with Crippen LogP contribution < -0.4 is 4.74 Å². The van der Waals surface area contributed by atoms with Gasteiger partial charge in [0.05, 0.1) is 6.10 Å². The Morgan fingerprint density at radius 3 is 2.44 bits per heavy atom. The molecule has 0 saturated carbocycles. The second kappa shape index (κ2) is 6.74. The molecule has 3 nitrogen and oxygen atoms in total. The van der Waals surface area contributed by atoms with Crippen LogP contribution >= 0.6 is 11.6 Å². The molecule has 0 amide bonds. The molecule has 0 aliphatic heterocycles. The normalized spacial score (nSPS) is 14.5. The summed E-state index contributed by atoms with van der Waals surface area (Å²) in [6.45, 7) is 3.80. The molecule has 1 rings (SSSR count). The molecule has 0 aliphatic carbocycles. The number of ether oxygens (including phenoxy) is 2. The maximum atomic E-state index is 9.31. The standard InChI is InChI=1S/C12H17ClO3/c1-3-12(13)16-8-15-11-6-4-10(5-7-11)9(2)14/h4-7,9,12,14H,3,8H2,1-2H3.